The summed E-state index contributed by atoms with van der Waals surface area (Å²) < 4.78 is 11.4. The van der Waals surface area contributed by atoms with Crippen LogP contribution in [0.4, 0.5) is 11.4 Å². The smallest absolute Gasteiger partial charge is 0.248 e. The van der Waals surface area contributed by atoms with Gasteiger partial charge in [0, 0.05) is 30.0 Å². The van der Waals surface area contributed by atoms with Crippen molar-refractivity contribution in [1.82, 2.24) is 0 Å². The van der Waals surface area contributed by atoms with Crippen molar-refractivity contribution in [1.29, 1.82) is 0 Å². The van der Waals surface area contributed by atoms with Crippen LogP contribution < -0.4 is 19.7 Å². The minimum atomic E-state index is -0.178. The van der Waals surface area contributed by atoms with Crippen LogP contribution >= 0.6 is 0 Å². The molecule has 2 rings (SSSR count). The highest BCUT2D eigenvalue weighted by molar-refractivity contribution is 6.02. The van der Waals surface area contributed by atoms with Crippen molar-refractivity contribution in [3.05, 3.63) is 54.1 Å². The molecule has 0 saturated carbocycles. The third-order valence-corrected chi connectivity index (χ3v) is 4.59. The molecule has 0 heterocycles. The fourth-order valence-electron chi connectivity index (χ4n) is 3.17. The summed E-state index contributed by atoms with van der Waals surface area (Å²) in [6, 6.07) is 14.0. The van der Waals surface area contributed by atoms with E-state index in [9.17, 15) is 4.79 Å². The Hall–Kier alpha value is -2.95. The summed E-state index contributed by atoms with van der Waals surface area (Å²) in [5.41, 5.74) is 2.80. The molecular formula is C25H34N2O3. The molecule has 0 unspecified atom stereocenters. The molecule has 5 nitrogen and oxygen atoms in total. The predicted molar refractivity (Wildman–Crippen MR) is 126 cm³/mol. The highest BCUT2D eigenvalue weighted by atomic mass is 16.5. The highest BCUT2D eigenvalue weighted by Crippen LogP contribution is 2.29. The summed E-state index contributed by atoms with van der Waals surface area (Å²) >= 11 is 0. The number of amides is 1. The van der Waals surface area contributed by atoms with Gasteiger partial charge in [-0.15, -0.1) is 0 Å². The van der Waals surface area contributed by atoms with Gasteiger partial charge in [0.15, 0.2) is 11.5 Å². The Balaban J connectivity index is 2.02. The minimum Gasteiger partial charge on any atom is -0.490 e. The first-order valence-electron chi connectivity index (χ1n) is 10.7. The van der Waals surface area contributed by atoms with Crippen molar-refractivity contribution >= 4 is 23.4 Å². The molecule has 0 aliphatic rings. The molecule has 30 heavy (non-hydrogen) atoms. The van der Waals surface area contributed by atoms with Gasteiger partial charge in [0.1, 0.15) is 0 Å². The van der Waals surface area contributed by atoms with Crippen molar-refractivity contribution in [2.75, 3.05) is 30.0 Å². The second-order valence-corrected chi connectivity index (χ2v) is 7.24. The Morgan fingerprint density at radius 2 is 1.77 bits per heavy atom. The van der Waals surface area contributed by atoms with Gasteiger partial charge in [-0.2, -0.15) is 0 Å². The van der Waals surface area contributed by atoms with Gasteiger partial charge in [0.05, 0.1) is 13.2 Å². The summed E-state index contributed by atoms with van der Waals surface area (Å²) in [4.78, 5) is 14.6. The van der Waals surface area contributed by atoms with Gasteiger partial charge in [-0.1, -0.05) is 13.0 Å². The fourth-order valence-corrected chi connectivity index (χ4v) is 3.17. The topological polar surface area (TPSA) is 50.8 Å². The summed E-state index contributed by atoms with van der Waals surface area (Å²) in [5, 5.41) is 2.90. The molecule has 0 spiro atoms. The van der Waals surface area contributed by atoms with E-state index in [-0.39, 0.29) is 5.91 Å². The Morgan fingerprint density at radius 3 is 2.37 bits per heavy atom. The van der Waals surface area contributed by atoms with Crippen LogP contribution in [0.1, 0.15) is 46.6 Å². The van der Waals surface area contributed by atoms with E-state index in [1.54, 1.807) is 6.08 Å². The van der Waals surface area contributed by atoms with Crippen molar-refractivity contribution in [2.24, 2.45) is 0 Å². The molecule has 0 atom stereocenters. The quantitative estimate of drug-likeness (QED) is 0.479. The van der Waals surface area contributed by atoms with E-state index in [0.717, 1.165) is 35.7 Å². The van der Waals surface area contributed by atoms with Gasteiger partial charge in [-0.3, -0.25) is 4.79 Å². The van der Waals surface area contributed by atoms with Crippen LogP contribution in [-0.4, -0.2) is 31.7 Å². The first-order valence-corrected chi connectivity index (χ1v) is 10.7. The molecule has 0 bridgehead atoms. The maximum absolute atomic E-state index is 12.3. The van der Waals surface area contributed by atoms with Crippen LogP contribution in [0.3, 0.4) is 0 Å². The molecule has 162 valence electrons. The van der Waals surface area contributed by atoms with Gasteiger partial charge in [0.25, 0.3) is 0 Å². The maximum atomic E-state index is 12.3. The lowest BCUT2D eigenvalue weighted by molar-refractivity contribution is -0.111. The lowest BCUT2D eigenvalue weighted by Gasteiger charge is -2.27. The maximum Gasteiger partial charge on any atom is 0.248 e. The summed E-state index contributed by atoms with van der Waals surface area (Å²) in [5.74, 6) is 1.24. The number of anilines is 2. The Bertz CT molecular complexity index is 829. The number of benzene rings is 2. The number of rotatable bonds is 11. The number of hydrogen-bond acceptors (Lipinski definition) is 4. The van der Waals surface area contributed by atoms with Crippen molar-refractivity contribution in [2.45, 2.75) is 47.1 Å². The molecule has 1 amide bonds. The van der Waals surface area contributed by atoms with E-state index in [0.29, 0.717) is 25.0 Å². The Morgan fingerprint density at radius 1 is 1.03 bits per heavy atom. The molecule has 2 aromatic carbocycles. The molecule has 0 radical (unpaired) electrons. The highest BCUT2D eigenvalue weighted by Gasteiger charge is 2.08. The number of carbonyl (C=O) groups excluding carboxylic acids is 1. The first kappa shape index (κ1) is 23.3. The lowest BCUT2D eigenvalue weighted by Crippen LogP contribution is -2.30. The SMILES string of the molecule is CCCOc1ccc(C=CC(=O)Nc2ccc(N(CC)C(C)C)cc2)cc1OCC. The summed E-state index contributed by atoms with van der Waals surface area (Å²) in [7, 11) is 0. The zero-order chi connectivity index (χ0) is 21.9. The van der Waals surface area contributed by atoms with Crippen LogP contribution in [0.5, 0.6) is 11.5 Å². The molecule has 2 aromatic rings. The third-order valence-electron chi connectivity index (χ3n) is 4.59. The van der Waals surface area contributed by atoms with E-state index in [4.69, 9.17) is 9.47 Å². The predicted octanol–water partition coefficient (Wildman–Crippen LogP) is 5.76. The summed E-state index contributed by atoms with van der Waals surface area (Å²) in [6.45, 7) is 12.6. The van der Waals surface area contributed by atoms with E-state index in [1.165, 1.54) is 6.08 Å². The van der Waals surface area contributed by atoms with E-state index >= 15 is 0 Å². The van der Waals surface area contributed by atoms with Crippen LogP contribution in [0.25, 0.3) is 6.08 Å². The number of carbonyl (C=O) groups is 1. The lowest BCUT2D eigenvalue weighted by atomic mass is 10.2. The van der Waals surface area contributed by atoms with Crippen LogP contribution in [0.2, 0.25) is 0 Å². The van der Waals surface area contributed by atoms with E-state index in [2.05, 4.69) is 37.9 Å². The third kappa shape index (κ3) is 6.83. The molecule has 0 aromatic heterocycles. The van der Waals surface area contributed by atoms with Gasteiger partial charge in [0.2, 0.25) is 5.91 Å². The van der Waals surface area contributed by atoms with E-state index in [1.807, 2.05) is 49.4 Å². The van der Waals surface area contributed by atoms with Gasteiger partial charge >= 0.3 is 0 Å². The monoisotopic (exact) mass is 410 g/mol. The van der Waals surface area contributed by atoms with Gasteiger partial charge in [-0.25, -0.2) is 0 Å². The molecule has 0 aliphatic carbocycles. The van der Waals surface area contributed by atoms with Crippen molar-refractivity contribution in [3.8, 4) is 11.5 Å². The van der Waals surface area contributed by atoms with Crippen LogP contribution in [0.15, 0.2) is 48.5 Å². The first-order chi connectivity index (χ1) is 14.5. The second kappa shape index (κ2) is 11.9. The molecule has 1 N–H and O–H groups in total. The fraction of sp³-hybridized carbons (Fsp3) is 0.400. The zero-order valence-electron chi connectivity index (χ0n) is 18.8. The second-order valence-electron chi connectivity index (χ2n) is 7.24. The van der Waals surface area contributed by atoms with Gasteiger partial charge < -0.3 is 19.7 Å². The Labute approximate surface area is 180 Å². The zero-order valence-corrected chi connectivity index (χ0v) is 18.8. The number of hydrogen-bond donors (Lipinski definition) is 1. The van der Waals surface area contributed by atoms with Crippen LogP contribution in [0, 0.1) is 0 Å². The standard InChI is InChI=1S/C25H34N2O3/c1-6-17-30-23-15-9-20(18-24(23)29-8-3)10-16-25(28)26-21-11-13-22(14-12-21)27(7-2)19(4)5/h9-16,18-19H,6-8,17H2,1-5H3,(H,26,28). The molecule has 0 saturated heterocycles. The number of nitrogens with zero attached hydrogens (tertiary/aromatic N) is 1. The van der Waals surface area contributed by atoms with Crippen molar-refractivity contribution < 1.29 is 14.3 Å². The average molecular weight is 411 g/mol. The number of nitrogens with one attached hydrogen (secondary N) is 1. The van der Waals surface area contributed by atoms with Gasteiger partial charge in [-0.05, 0) is 82.2 Å². The van der Waals surface area contributed by atoms with Crippen molar-refractivity contribution in [3.63, 3.8) is 0 Å². The van der Waals surface area contributed by atoms with E-state index < -0.39 is 0 Å². The largest absolute Gasteiger partial charge is 0.490 e. The summed E-state index contributed by atoms with van der Waals surface area (Å²) in [6.07, 6.45) is 4.23. The Kier molecular flexibility index (Phi) is 9.26. The number of ether oxygens (including phenoxy) is 2. The molecule has 0 fully saturated rings. The normalized spacial score (nSPS) is 11.0. The molecule has 5 heteroatoms. The van der Waals surface area contributed by atoms with Crippen LogP contribution in [-0.2, 0) is 4.79 Å². The molecular weight excluding hydrogens is 376 g/mol. The average Bonchev–Trinajstić information content (AvgIpc) is 2.73. The molecule has 0 aliphatic heterocycles. The minimum absolute atomic E-state index is 0.178.